The highest BCUT2D eigenvalue weighted by molar-refractivity contribution is 6.32. The van der Waals surface area contributed by atoms with Crippen LogP contribution in [0.1, 0.15) is 43.4 Å². The van der Waals surface area contributed by atoms with E-state index in [9.17, 15) is 31.5 Å². The molecule has 0 unspecified atom stereocenters. The molecule has 33 heavy (non-hydrogen) atoms. The number of amides is 2. The highest BCUT2D eigenvalue weighted by Crippen LogP contribution is 2.41. The lowest BCUT2D eigenvalue weighted by atomic mass is 9.96. The zero-order chi connectivity index (χ0) is 24.1. The van der Waals surface area contributed by atoms with Crippen LogP contribution in [0.25, 0.3) is 0 Å². The highest BCUT2D eigenvalue weighted by Gasteiger charge is 2.35. The number of benzene rings is 3. The molecule has 1 heterocycles. The Morgan fingerprint density at radius 1 is 0.970 bits per heavy atom. The first-order valence-electron chi connectivity index (χ1n) is 9.22. The first-order valence-corrected chi connectivity index (χ1v) is 9.98. The zero-order valence-corrected chi connectivity index (χ0v) is 17.7. The van der Waals surface area contributed by atoms with Gasteiger partial charge in [-0.05, 0) is 48.5 Å². The molecular formula is C22H11Cl2F5N2O2. The number of alkyl halides is 3. The standard InChI is InChI=1S/C22H11Cl2F5N2O2/c23-11-6-15-18(19(31-21(15)33)14-8-12(25)1-2-16(14)24)17(7-11)30-20(32)9-3-10(22(27,28)29)5-13(26)4-9/h1-8,19H,(H,30,32)(H,31,33)/t19-/m0/s1. The van der Waals surface area contributed by atoms with Gasteiger partial charge >= 0.3 is 6.18 Å². The number of carbonyl (C=O) groups excluding carboxylic acids is 2. The van der Waals surface area contributed by atoms with Gasteiger partial charge in [0.15, 0.2) is 0 Å². The summed E-state index contributed by atoms with van der Waals surface area (Å²) in [6.45, 7) is 0. The Hall–Kier alpha value is -3.17. The predicted molar refractivity (Wildman–Crippen MR) is 112 cm³/mol. The van der Waals surface area contributed by atoms with Gasteiger partial charge in [0.1, 0.15) is 11.6 Å². The van der Waals surface area contributed by atoms with Crippen LogP contribution in [0.15, 0.2) is 48.5 Å². The van der Waals surface area contributed by atoms with Crippen molar-refractivity contribution in [1.82, 2.24) is 5.32 Å². The minimum Gasteiger partial charge on any atom is -0.341 e. The summed E-state index contributed by atoms with van der Waals surface area (Å²) < 4.78 is 66.7. The van der Waals surface area contributed by atoms with Gasteiger partial charge in [-0.15, -0.1) is 0 Å². The molecular weight excluding hydrogens is 490 g/mol. The van der Waals surface area contributed by atoms with Crippen molar-refractivity contribution < 1.29 is 31.5 Å². The van der Waals surface area contributed by atoms with E-state index in [4.69, 9.17) is 23.2 Å². The maximum atomic E-state index is 13.9. The van der Waals surface area contributed by atoms with Gasteiger partial charge in [0.25, 0.3) is 11.8 Å². The molecule has 0 radical (unpaired) electrons. The predicted octanol–water partition coefficient (Wildman–Crippen LogP) is 6.38. The molecule has 0 fully saturated rings. The fourth-order valence-electron chi connectivity index (χ4n) is 3.55. The van der Waals surface area contributed by atoms with Gasteiger partial charge in [-0.2, -0.15) is 13.2 Å². The molecule has 2 amide bonds. The third-order valence-corrected chi connectivity index (χ3v) is 5.52. The first-order chi connectivity index (χ1) is 15.4. The van der Waals surface area contributed by atoms with Crippen molar-refractivity contribution in [3.63, 3.8) is 0 Å². The number of nitrogens with one attached hydrogen (secondary N) is 2. The normalized spacial score (nSPS) is 15.2. The van der Waals surface area contributed by atoms with Gasteiger partial charge in [0.2, 0.25) is 0 Å². The van der Waals surface area contributed by atoms with Crippen LogP contribution in [-0.4, -0.2) is 11.8 Å². The number of anilines is 1. The van der Waals surface area contributed by atoms with Gasteiger partial charge in [-0.25, -0.2) is 8.78 Å². The van der Waals surface area contributed by atoms with E-state index in [1.165, 1.54) is 18.2 Å². The van der Waals surface area contributed by atoms with Crippen LogP contribution in [0, 0.1) is 11.6 Å². The van der Waals surface area contributed by atoms with Crippen LogP contribution in [0.2, 0.25) is 10.0 Å². The Morgan fingerprint density at radius 2 is 1.70 bits per heavy atom. The molecule has 11 heteroatoms. The Morgan fingerprint density at radius 3 is 2.39 bits per heavy atom. The minimum absolute atomic E-state index is 0.0380. The third kappa shape index (κ3) is 4.51. The van der Waals surface area contributed by atoms with Crippen molar-refractivity contribution in [2.75, 3.05) is 5.32 Å². The SMILES string of the molecule is O=C(Nc1cc(Cl)cc2c1[C@H](c1cc(F)ccc1Cl)NC2=O)c1cc(F)cc(C(F)(F)F)c1. The largest absolute Gasteiger partial charge is 0.416 e. The number of hydrogen-bond acceptors (Lipinski definition) is 2. The summed E-state index contributed by atoms with van der Waals surface area (Å²) in [7, 11) is 0. The number of fused-ring (bicyclic) bond motifs is 1. The lowest BCUT2D eigenvalue weighted by molar-refractivity contribution is -0.137. The monoisotopic (exact) mass is 500 g/mol. The van der Waals surface area contributed by atoms with Crippen LogP contribution in [-0.2, 0) is 6.18 Å². The fraction of sp³-hybridized carbons (Fsp3) is 0.0909. The molecule has 4 nitrogen and oxygen atoms in total. The molecule has 4 rings (SSSR count). The second-order valence-corrected chi connectivity index (χ2v) is 8.01. The number of carbonyl (C=O) groups is 2. The van der Waals surface area contributed by atoms with Crippen molar-refractivity contribution in [3.05, 3.63) is 98.0 Å². The summed E-state index contributed by atoms with van der Waals surface area (Å²) in [6, 6.07) is 6.51. The molecule has 0 saturated carbocycles. The van der Waals surface area contributed by atoms with E-state index in [0.717, 1.165) is 12.1 Å². The maximum Gasteiger partial charge on any atom is 0.416 e. The highest BCUT2D eigenvalue weighted by atomic mass is 35.5. The maximum absolute atomic E-state index is 13.9. The van der Waals surface area contributed by atoms with Crippen LogP contribution in [0.5, 0.6) is 0 Å². The molecule has 0 saturated heterocycles. The lowest BCUT2D eigenvalue weighted by Crippen LogP contribution is -2.21. The smallest absolute Gasteiger partial charge is 0.341 e. The van der Waals surface area contributed by atoms with Gasteiger partial charge in [0, 0.05) is 38.0 Å². The summed E-state index contributed by atoms with van der Waals surface area (Å²) in [5.41, 5.74) is -1.56. The topological polar surface area (TPSA) is 58.2 Å². The molecule has 1 aliphatic rings. The summed E-state index contributed by atoms with van der Waals surface area (Å²) in [5.74, 6) is -3.55. The van der Waals surface area contributed by atoms with Crippen molar-refractivity contribution in [3.8, 4) is 0 Å². The summed E-state index contributed by atoms with van der Waals surface area (Å²) in [6.07, 6.45) is -4.87. The van der Waals surface area contributed by atoms with E-state index in [1.54, 1.807) is 0 Å². The average molecular weight is 501 g/mol. The number of rotatable bonds is 3. The number of halogens is 7. The Balaban J connectivity index is 1.79. The Labute approximate surface area is 193 Å². The molecule has 170 valence electrons. The van der Waals surface area contributed by atoms with Crippen LogP contribution in [0.4, 0.5) is 27.6 Å². The number of hydrogen-bond donors (Lipinski definition) is 2. The summed E-state index contributed by atoms with van der Waals surface area (Å²) in [4.78, 5) is 25.2. The quantitative estimate of drug-likeness (QED) is 0.410. The Bertz CT molecular complexity index is 1310. The molecule has 2 N–H and O–H groups in total. The van der Waals surface area contributed by atoms with E-state index in [2.05, 4.69) is 10.6 Å². The van der Waals surface area contributed by atoms with Gasteiger partial charge < -0.3 is 10.6 Å². The lowest BCUT2D eigenvalue weighted by Gasteiger charge is -2.18. The average Bonchev–Trinajstić information content (AvgIpc) is 3.05. The van der Waals surface area contributed by atoms with Crippen LogP contribution < -0.4 is 10.6 Å². The Kier molecular flexibility index (Phi) is 5.79. The first kappa shape index (κ1) is 23.0. The molecule has 0 aromatic heterocycles. The van der Waals surface area contributed by atoms with E-state index in [0.29, 0.717) is 12.1 Å². The minimum atomic E-state index is -4.87. The van der Waals surface area contributed by atoms with Crippen molar-refractivity contribution in [2.24, 2.45) is 0 Å². The molecule has 3 aromatic carbocycles. The van der Waals surface area contributed by atoms with Gasteiger partial charge in [-0.3, -0.25) is 9.59 Å². The molecule has 0 bridgehead atoms. The molecule has 0 spiro atoms. The van der Waals surface area contributed by atoms with E-state index < -0.39 is 46.8 Å². The van der Waals surface area contributed by atoms with E-state index >= 15 is 0 Å². The zero-order valence-electron chi connectivity index (χ0n) is 16.2. The van der Waals surface area contributed by atoms with Gasteiger partial charge in [0.05, 0.1) is 11.6 Å². The van der Waals surface area contributed by atoms with Crippen molar-refractivity contribution in [1.29, 1.82) is 0 Å². The van der Waals surface area contributed by atoms with E-state index in [-0.39, 0.29) is 38.5 Å². The second-order valence-electron chi connectivity index (χ2n) is 7.17. The molecule has 3 aromatic rings. The molecule has 1 atom stereocenters. The third-order valence-electron chi connectivity index (χ3n) is 4.96. The van der Waals surface area contributed by atoms with Crippen LogP contribution in [0.3, 0.4) is 0 Å². The van der Waals surface area contributed by atoms with E-state index in [1.807, 2.05) is 0 Å². The molecule has 1 aliphatic heterocycles. The van der Waals surface area contributed by atoms with Crippen molar-refractivity contribution in [2.45, 2.75) is 12.2 Å². The summed E-state index contributed by atoms with van der Waals surface area (Å²) >= 11 is 12.2. The second kappa shape index (κ2) is 8.31. The van der Waals surface area contributed by atoms with Crippen molar-refractivity contribution >= 4 is 40.7 Å². The molecule has 0 aliphatic carbocycles. The van der Waals surface area contributed by atoms with Crippen LogP contribution >= 0.6 is 23.2 Å². The fourth-order valence-corrected chi connectivity index (χ4v) is 3.99. The van der Waals surface area contributed by atoms with Gasteiger partial charge in [-0.1, -0.05) is 23.2 Å². The summed E-state index contributed by atoms with van der Waals surface area (Å²) in [5, 5.41) is 5.16.